The Morgan fingerprint density at radius 2 is 0.918 bits per heavy atom. The number of nitrogens with one attached hydrogen (secondary N) is 12. The second-order valence-corrected chi connectivity index (χ2v) is 38.5. The molecule has 5 atom stereocenters. The second kappa shape index (κ2) is 47.5. The number of imidazole rings is 2. The van der Waals surface area contributed by atoms with Gasteiger partial charge in [0.1, 0.15) is 41.0 Å². The normalized spacial score (nSPS) is 14.8. The number of carbonyl (C=O) groups excluding carboxylic acids is 6. The van der Waals surface area contributed by atoms with Crippen LogP contribution in [0, 0.1) is 46.4 Å². The van der Waals surface area contributed by atoms with Crippen molar-refractivity contribution in [2.75, 3.05) is 127 Å². The van der Waals surface area contributed by atoms with Gasteiger partial charge in [-0.3, -0.25) is 86.8 Å². The van der Waals surface area contributed by atoms with Crippen molar-refractivity contribution in [1.82, 2.24) is 90.0 Å². The number of carboxylic acid groups (broad SMARTS) is 3. The van der Waals surface area contributed by atoms with E-state index in [4.69, 9.17) is 0 Å². The number of aromatic nitrogens is 6. The van der Waals surface area contributed by atoms with E-state index in [-0.39, 0.29) is 128 Å². The van der Waals surface area contributed by atoms with E-state index in [1.165, 1.54) is 77.2 Å². The molecule has 728 valence electrons. The van der Waals surface area contributed by atoms with Crippen LogP contribution in [0.2, 0.25) is 0 Å². The van der Waals surface area contributed by atoms with Gasteiger partial charge in [0.25, 0.3) is 38.2 Å². The third kappa shape index (κ3) is 30.8. The highest BCUT2D eigenvalue weighted by Crippen LogP contribution is 2.26. The predicted molar refractivity (Wildman–Crippen MR) is 484 cm³/mol. The van der Waals surface area contributed by atoms with Crippen LogP contribution in [0.3, 0.4) is 0 Å². The summed E-state index contributed by atoms with van der Waals surface area (Å²) in [6, 6.07) is 7.23. The number of rotatable bonds is 47. The molecular formula is C82H110N21O27S4+. The van der Waals surface area contributed by atoms with Crippen molar-refractivity contribution in [3.63, 3.8) is 0 Å². The second-order valence-electron chi connectivity index (χ2n) is 32.2. The van der Waals surface area contributed by atoms with Gasteiger partial charge in [0, 0.05) is 169 Å². The molecule has 6 amide bonds. The van der Waals surface area contributed by atoms with Crippen LogP contribution < -0.4 is 62.8 Å². The zero-order chi connectivity index (χ0) is 98.3. The summed E-state index contributed by atoms with van der Waals surface area (Å²) in [6.07, 6.45) is 3.71. The van der Waals surface area contributed by atoms with Gasteiger partial charge in [-0.25, -0.2) is 26.8 Å². The zero-order valence-corrected chi connectivity index (χ0v) is 77.2. The van der Waals surface area contributed by atoms with Crippen LogP contribution in [0.5, 0.6) is 0 Å². The Bertz CT molecular complexity index is 6220. The lowest BCUT2D eigenvalue weighted by Gasteiger charge is -2.32. The van der Waals surface area contributed by atoms with Gasteiger partial charge in [0.2, 0.25) is 54.5 Å². The number of amides is 6. The Labute approximate surface area is 769 Å². The topological polar surface area (TPSA) is 686 Å². The molecule has 52 heteroatoms. The fourth-order valence-electron chi connectivity index (χ4n) is 15.3. The van der Waals surface area contributed by atoms with Crippen molar-refractivity contribution in [3.05, 3.63) is 179 Å². The highest BCUT2D eigenvalue weighted by atomic mass is 32.2. The number of carboxylic acids is 3. The average molecular weight is 1950 g/mol. The van der Waals surface area contributed by atoms with E-state index in [0.717, 1.165) is 23.5 Å². The average Bonchev–Trinajstić information content (AvgIpc) is 0.932. The zero-order valence-electron chi connectivity index (χ0n) is 74.0. The highest BCUT2D eigenvalue weighted by Gasteiger charge is 2.38. The molecule has 0 aliphatic carbocycles. The van der Waals surface area contributed by atoms with Gasteiger partial charge in [-0.05, 0) is 112 Å². The van der Waals surface area contributed by atoms with Crippen molar-refractivity contribution in [3.8, 4) is 0 Å². The molecule has 134 heavy (non-hydrogen) atoms. The van der Waals surface area contributed by atoms with E-state index < -0.39 is 223 Å². The first-order valence-corrected chi connectivity index (χ1v) is 48.2. The number of nitrogens with zero attached hydrogens (tertiary/aromatic N) is 9. The van der Waals surface area contributed by atoms with Crippen molar-refractivity contribution in [1.29, 1.82) is 0 Å². The minimum Gasteiger partial charge on any atom is -0.480 e. The molecule has 2 unspecified atom stereocenters. The molecule has 1 saturated heterocycles. The molecule has 0 bridgehead atoms. The number of anilines is 2. The van der Waals surface area contributed by atoms with E-state index in [0.29, 0.717) is 45.3 Å². The molecule has 9 rings (SSSR count). The minimum atomic E-state index is -5.29. The van der Waals surface area contributed by atoms with Crippen LogP contribution in [0.25, 0.3) is 21.8 Å². The number of sulfonamides is 2. The fraction of sp³-hybridized carbons (Fsp3) is 0.451. The maximum atomic E-state index is 14.9. The van der Waals surface area contributed by atoms with Crippen molar-refractivity contribution in [2.24, 2.45) is 0 Å². The smallest absolute Gasteiger partial charge is 0.323 e. The largest absolute Gasteiger partial charge is 0.480 e. The quantitative estimate of drug-likeness (QED) is 0.00826. The molecular weight excluding hydrogens is 1840 g/mol. The van der Waals surface area contributed by atoms with Crippen LogP contribution >= 0.6 is 0 Å². The molecule has 8 aromatic rings. The molecule has 0 saturated carbocycles. The number of H-pyrrole nitrogens is 2. The maximum Gasteiger partial charge on any atom is 0.323 e. The first kappa shape index (κ1) is 105. The van der Waals surface area contributed by atoms with E-state index in [1.54, 1.807) is 78.5 Å². The number of carbonyl (C=O) groups is 9. The highest BCUT2D eigenvalue weighted by molar-refractivity contribution is 7.90. The van der Waals surface area contributed by atoms with E-state index >= 15 is 0 Å². The number of fused-ring (bicyclic) bond motifs is 2. The van der Waals surface area contributed by atoms with Crippen LogP contribution in [0.1, 0.15) is 90.9 Å². The first-order chi connectivity index (χ1) is 63.2. The summed E-state index contributed by atoms with van der Waals surface area (Å²) in [7, 11) is -19.6. The minimum absolute atomic E-state index is 0.0108. The van der Waals surface area contributed by atoms with Crippen molar-refractivity contribution < 1.29 is 116 Å². The Morgan fingerprint density at radius 3 is 1.32 bits per heavy atom. The van der Waals surface area contributed by atoms with Gasteiger partial charge in [-0.2, -0.15) is 26.3 Å². The maximum absolute atomic E-state index is 14.9. The van der Waals surface area contributed by atoms with Crippen molar-refractivity contribution in [2.45, 2.75) is 134 Å². The Hall–Kier alpha value is -12.5. The Morgan fingerprint density at radius 1 is 0.500 bits per heavy atom. The Balaban J connectivity index is 0.951. The molecule has 48 nitrogen and oxygen atoms in total. The molecule has 1 aliphatic rings. The lowest BCUT2D eigenvalue weighted by atomic mass is 10.1. The number of aliphatic carboxylic acids is 3. The van der Waals surface area contributed by atoms with E-state index in [1.807, 2.05) is 0 Å². The monoisotopic (exact) mass is 1950 g/mol. The summed E-state index contributed by atoms with van der Waals surface area (Å²) in [5, 5.41) is 70.5. The number of aliphatic hydroxyl groups is 2. The van der Waals surface area contributed by atoms with Crippen LogP contribution in [-0.4, -0.2) is 322 Å². The molecule has 4 aromatic heterocycles. The number of hydrogen-bond acceptors (Lipinski definition) is 30. The predicted octanol–water partition coefficient (Wildman–Crippen LogP) is -2.29. The Kier molecular flexibility index (Phi) is 37.3. The summed E-state index contributed by atoms with van der Waals surface area (Å²) in [4.78, 5) is 186. The lowest BCUT2D eigenvalue weighted by molar-refractivity contribution is -0.585. The molecule has 5 heterocycles. The molecule has 1 aliphatic heterocycles. The fourth-order valence-corrected chi connectivity index (χ4v) is 19.9. The molecule has 0 spiro atoms. The summed E-state index contributed by atoms with van der Waals surface area (Å²) < 4.78 is 133. The molecule has 0 radical (unpaired) electrons. The van der Waals surface area contributed by atoms with Gasteiger partial charge in [-0.1, -0.05) is 47.5 Å². The van der Waals surface area contributed by atoms with Gasteiger partial charge in [-0.15, -0.1) is 0 Å². The molecule has 19 N–H and O–H groups in total. The van der Waals surface area contributed by atoms with Crippen LogP contribution in [-0.2, 0) is 100 Å². The van der Waals surface area contributed by atoms with E-state index in [2.05, 4.69) is 71.9 Å². The first-order valence-electron chi connectivity index (χ1n) is 42.0. The lowest BCUT2D eigenvalue weighted by Crippen LogP contribution is -2.56. The summed E-state index contributed by atoms with van der Waals surface area (Å²) >= 11 is 0. The van der Waals surface area contributed by atoms with Gasteiger partial charge >= 0.3 is 17.9 Å². The van der Waals surface area contributed by atoms with Gasteiger partial charge in [0.05, 0.1) is 47.4 Å². The SMILES string of the molecule is Cc1cc(C)c(S(=O)(=O)NC(CNC(=O)c2cn(CCCNC(=O)[C@H](CS(=O)(=O)O)NC(=O)CC[C@H](NC(=O)CN3CCN(CO)CCN(CO)CCN(CC(=O)O)CC3)C(=O)N[C@@H](CS(=O)(=O)O)[N+](=O)CCCn3cc(C(=O)NCC(NS(=O)(=O)c4c(C)cc(C)cc4C)C(=O)O)c(=O)c4ccc(CNc5ncc[nH]5)cc43)c3cc(CNc4ncc[nH]4)ccc3c2=O)C(=O)O)c(C)c1. The number of aromatic amines is 2. The molecule has 4 aromatic carbocycles. The van der Waals surface area contributed by atoms with Crippen LogP contribution in [0.4, 0.5) is 11.9 Å². The van der Waals surface area contributed by atoms with Gasteiger partial charge in [0.15, 0.2) is 24.2 Å². The van der Waals surface area contributed by atoms with Gasteiger partial charge < -0.3 is 81.9 Å². The third-order valence-corrected chi connectivity index (χ3v) is 26.7. The number of aryl methyl sites for hydroxylation is 8. The number of benzene rings is 4. The van der Waals surface area contributed by atoms with Crippen molar-refractivity contribution >= 4 is 127 Å². The number of aliphatic hydroxyl groups excluding tert-OH is 2. The molecule has 1 fully saturated rings. The number of pyridine rings is 2. The number of nitroso groups, excluding NO2 is 1. The third-order valence-electron chi connectivity index (χ3n) is 21.6. The summed E-state index contributed by atoms with van der Waals surface area (Å²) in [5.41, 5.74) is 1.25. The van der Waals surface area contributed by atoms with E-state index in [9.17, 15) is 126 Å². The standard InChI is InChI=1S/C82H109N21O27S4/c1-49-31-51(3)73(52(4)32-49)133(127,128)95-62(79(116)117)39-88-75(112)59-41-101(65-35-55(9-11-57(65)71(59)110)37-90-81-84-16-17-85-81)20-7-15-83-77(114)64(45-131(121,122)123)93-68(106)14-13-61(92-69(107)43-97-23-24-98(44-70(108)109)26-28-100(48-105)30-29-99(47-104)27-25-97)78(115)94-67(46-132(124,125)126)103(120)22-8-21-102-42-60(72(111)58-12-10-56(36-66(58)102)38-91-82-86-18-19-87-82)76(113)89-40-63(80(118)119)96-134(129,130)74-53(5)33-50(2)34-54(74)6/h9-12,16-19,31-36,41-42,61-64,67,95-96,104-105H,7-8,13-15,20-30,37-40,43-48H2,1-6H3,(H14-,83,84,85,86,87,88,89,90,91,92,93,94,106,107,108,109,112,113,114,115,116,117,118,119,121,122,123,124,125,126)/p+1/t61-,62?,63?,64-,67+/m0/s1. The summed E-state index contributed by atoms with van der Waals surface area (Å²) in [6.45, 7) is 4.99. The summed E-state index contributed by atoms with van der Waals surface area (Å²) in [5.74, 6) is -14.1. The number of hydrogen-bond donors (Lipinski definition) is 19. The van der Waals surface area contributed by atoms with Crippen LogP contribution in [0.15, 0.2) is 117 Å².